The van der Waals surface area contributed by atoms with Gasteiger partial charge in [0, 0.05) is 25.2 Å². The van der Waals surface area contributed by atoms with Gasteiger partial charge in [-0.25, -0.2) is 9.48 Å². The highest BCUT2D eigenvalue weighted by Gasteiger charge is 2.38. The van der Waals surface area contributed by atoms with Gasteiger partial charge in [-0.05, 0) is 19.8 Å². The SMILES string of the molecule is CC[C@@H](C)CN1C(=O)N[C@@H](Cc2cn(C(C)C)nn2)C1=O. The molecular formula is C14H23N5O2. The number of rotatable bonds is 6. The van der Waals surface area contributed by atoms with Crippen molar-refractivity contribution in [3.63, 3.8) is 0 Å². The van der Waals surface area contributed by atoms with Crippen molar-refractivity contribution in [2.75, 3.05) is 6.54 Å². The van der Waals surface area contributed by atoms with Crippen LogP contribution < -0.4 is 5.32 Å². The van der Waals surface area contributed by atoms with Crippen LogP contribution in [0, 0.1) is 5.92 Å². The molecule has 0 saturated carbocycles. The number of hydrogen-bond donors (Lipinski definition) is 1. The first kappa shape index (κ1) is 15.5. The number of nitrogens with one attached hydrogen (secondary N) is 1. The van der Waals surface area contributed by atoms with Gasteiger partial charge in [0.25, 0.3) is 5.91 Å². The average Bonchev–Trinajstić information content (AvgIpc) is 3.00. The minimum Gasteiger partial charge on any atom is -0.325 e. The van der Waals surface area contributed by atoms with Gasteiger partial charge in [-0.2, -0.15) is 0 Å². The Labute approximate surface area is 124 Å². The fraction of sp³-hybridized carbons (Fsp3) is 0.714. The Bertz CT molecular complexity index is 525. The molecule has 0 spiro atoms. The predicted molar refractivity (Wildman–Crippen MR) is 77.6 cm³/mol. The molecule has 1 aliphatic rings. The standard InChI is InChI=1S/C14H23N5O2/c1-5-10(4)7-18-13(20)12(15-14(18)21)6-11-8-19(9(2)3)17-16-11/h8-10,12H,5-7H2,1-4H3,(H,15,21)/t10-,12+/m1/s1. The lowest BCUT2D eigenvalue weighted by molar-refractivity contribution is -0.127. The highest BCUT2D eigenvalue weighted by molar-refractivity contribution is 6.04. The Morgan fingerprint density at radius 3 is 2.62 bits per heavy atom. The summed E-state index contributed by atoms with van der Waals surface area (Å²) in [5, 5.41) is 10.8. The van der Waals surface area contributed by atoms with Crippen LogP contribution in [0.5, 0.6) is 0 Å². The van der Waals surface area contributed by atoms with Crippen molar-refractivity contribution in [3.05, 3.63) is 11.9 Å². The molecule has 0 radical (unpaired) electrons. The number of aromatic nitrogens is 3. The maximum atomic E-state index is 12.3. The zero-order valence-electron chi connectivity index (χ0n) is 13.0. The molecule has 0 aliphatic carbocycles. The molecule has 1 aromatic rings. The summed E-state index contributed by atoms with van der Waals surface area (Å²) in [5.74, 6) is 0.139. The quantitative estimate of drug-likeness (QED) is 0.803. The number of amides is 3. The van der Waals surface area contributed by atoms with E-state index in [0.717, 1.165) is 6.42 Å². The van der Waals surface area contributed by atoms with E-state index in [2.05, 4.69) is 15.6 Å². The minimum absolute atomic E-state index is 0.167. The normalized spacial score (nSPS) is 20.2. The molecule has 2 rings (SSSR count). The van der Waals surface area contributed by atoms with E-state index in [-0.39, 0.29) is 18.0 Å². The molecule has 21 heavy (non-hydrogen) atoms. The van der Waals surface area contributed by atoms with Crippen molar-refractivity contribution < 1.29 is 9.59 Å². The van der Waals surface area contributed by atoms with Crippen LogP contribution >= 0.6 is 0 Å². The van der Waals surface area contributed by atoms with Gasteiger partial charge in [0.15, 0.2) is 0 Å². The topological polar surface area (TPSA) is 80.1 Å². The van der Waals surface area contributed by atoms with Crippen molar-refractivity contribution in [2.45, 2.75) is 52.6 Å². The first-order valence-electron chi connectivity index (χ1n) is 7.45. The molecule has 7 heteroatoms. The fourth-order valence-corrected chi connectivity index (χ4v) is 2.20. The largest absolute Gasteiger partial charge is 0.325 e. The molecule has 7 nitrogen and oxygen atoms in total. The molecular weight excluding hydrogens is 270 g/mol. The molecule has 1 aromatic heterocycles. The summed E-state index contributed by atoms with van der Waals surface area (Å²) < 4.78 is 1.74. The maximum Gasteiger partial charge on any atom is 0.324 e. The van der Waals surface area contributed by atoms with Crippen molar-refractivity contribution in [1.82, 2.24) is 25.2 Å². The summed E-state index contributed by atoms with van der Waals surface area (Å²) in [5.41, 5.74) is 0.715. The number of carbonyl (C=O) groups is 2. The Balaban J connectivity index is 2.01. The van der Waals surface area contributed by atoms with E-state index in [1.54, 1.807) is 4.68 Å². The first-order valence-corrected chi connectivity index (χ1v) is 7.45. The highest BCUT2D eigenvalue weighted by atomic mass is 16.2. The van der Waals surface area contributed by atoms with Gasteiger partial charge in [-0.15, -0.1) is 5.10 Å². The van der Waals surface area contributed by atoms with E-state index in [9.17, 15) is 9.59 Å². The molecule has 0 aromatic carbocycles. The number of urea groups is 1. The van der Waals surface area contributed by atoms with Crippen LogP contribution in [0.4, 0.5) is 4.79 Å². The van der Waals surface area contributed by atoms with E-state index in [0.29, 0.717) is 24.6 Å². The Morgan fingerprint density at radius 2 is 2.05 bits per heavy atom. The fourth-order valence-electron chi connectivity index (χ4n) is 2.20. The second kappa shape index (κ2) is 6.24. The summed E-state index contributed by atoms with van der Waals surface area (Å²) in [6.45, 7) is 8.56. The van der Waals surface area contributed by atoms with E-state index in [1.807, 2.05) is 33.9 Å². The molecule has 1 saturated heterocycles. The predicted octanol–water partition coefficient (Wildman–Crippen LogP) is 1.37. The average molecular weight is 293 g/mol. The number of carbonyl (C=O) groups excluding carboxylic acids is 2. The zero-order chi connectivity index (χ0) is 15.6. The third kappa shape index (κ3) is 3.40. The van der Waals surface area contributed by atoms with Crippen molar-refractivity contribution in [2.24, 2.45) is 5.92 Å². The minimum atomic E-state index is -0.529. The molecule has 2 atom stereocenters. The van der Waals surface area contributed by atoms with Crippen molar-refractivity contribution in [1.29, 1.82) is 0 Å². The Kier molecular flexibility index (Phi) is 4.59. The molecule has 1 aliphatic heterocycles. The van der Waals surface area contributed by atoms with Gasteiger partial charge >= 0.3 is 6.03 Å². The number of nitrogens with zero attached hydrogens (tertiary/aromatic N) is 4. The van der Waals surface area contributed by atoms with Gasteiger partial charge in [0.2, 0.25) is 0 Å². The third-order valence-electron chi connectivity index (χ3n) is 3.80. The zero-order valence-corrected chi connectivity index (χ0v) is 13.0. The van der Waals surface area contributed by atoms with E-state index in [4.69, 9.17) is 0 Å². The van der Waals surface area contributed by atoms with Crippen LogP contribution in [-0.4, -0.2) is 44.4 Å². The van der Waals surface area contributed by atoms with Crippen LogP contribution in [0.15, 0.2) is 6.20 Å². The van der Waals surface area contributed by atoms with Crippen LogP contribution in [-0.2, 0) is 11.2 Å². The van der Waals surface area contributed by atoms with E-state index in [1.165, 1.54) is 4.90 Å². The molecule has 0 unspecified atom stereocenters. The molecule has 1 fully saturated rings. The second-order valence-electron chi connectivity index (χ2n) is 5.95. The van der Waals surface area contributed by atoms with Gasteiger partial charge in [0.05, 0.1) is 5.69 Å². The van der Waals surface area contributed by atoms with Gasteiger partial charge in [-0.1, -0.05) is 25.5 Å². The molecule has 3 amide bonds. The third-order valence-corrected chi connectivity index (χ3v) is 3.80. The van der Waals surface area contributed by atoms with Crippen LogP contribution in [0.1, 0.15) is 45.9 Å². The lowest BCUT2D eigenvalue weighted by atomic mass is 10.1. The molecule has 116 valence electrons. The summed E-state index contributed by atoms with van der Waals surface area (Å²) in [6.07, 6.45) is 3.14. The smallest absolute Gasteiger partial charge is 0.324 e. The summed E-state index contributed by atoms with van der Waals surface area (Å²) >= 11 is 0. The monoisotopic (exact) mass is 293 g/mol. The highest BCUT2D eigenvalue weighted by Crippen LogP contribution is 2.14. The number of imide groups is 1. The molecule has 2 heterocycles. The van der Waals surface area contributed by atoms with E-state index >= 15 is 0 Å². The van der Waals surface area contributed by atoms with Gasteiger partial charge < -0.3 is 5.32 Å². The van der Waals surface area contributed by atoms with Crippen molar-refractivity contribution in [3.8, 4) is 0 Å². The lowest BCUT2D eigenvalue weighted by Gasteiger charge is -2.16. The van der Waals surface area contributed by atoms with Crippen LogP contribution in [0.3, 0.4) is 0 Å². The summed E-state index contributed by atoms with van der Waals surface area (Å²) in [4.78, 5) is 25.5. The van der Waals surface area contributed by atoms with Gasteiger partial charge in [0.1, 0.15) is 6.04 Å². The van der Waals surface area contributed by atoms with Crippen LogP contribution in [0.2, 0.25) is 0 Å². The van der Waals surface area contributed by atoms with Gasteiger partial charge in [-0.3, -0.25) is 9.69 Å². The van der Waals surface area contributed by atoms with Crippen LogP contribution in [0.25, 0.3) is 0 Å². The maximum absolute atomic E-state index is 12.3. The Morgan fingerprint density at radius 1 is 1.33 bits per heavy atom. The first-order chi connectivity index (χ1) is 9.92. The van der Waals surface area contributed by atoms with Crippen molar-refractivity contribution >= 4 is 11.9 Å². The Hall–Kier alpha value is -1.92. The second-order valence-corrected chi connectivity index (χ2v) is 5.95. The molecule has 0 bridgehead atoms. The molecule has 1 N–H and O–H groups in total. The van der Waals surface area contributed by atoms with E-state index < -0.39 is 6.04 Å². The lowest BCUT2D eigenvalue weighted by Crippen LogP contribution is -2.35. The summed E-state index contributed by atoms with van der Waals surface area (Å²) in [7, 11) is 0. The number of hydrogen-bond acceptors (Lipinski definition) is 4. The summed E-state index contributed by atoms with van der Waals surface area (Å²) in [6, 6.07) is -0.609.